The van der Waals surface area contributed by atoms with Gasteiger partial charge in [-0.3, -0.25) is 4.79 Å². The molecule has 0 fully saturated rings. The van der Waals surface area contributed by atoms with Gasteiger partial charge in [-0.2, -0.15) is 0 Å². The lowest BCUT2D eigenvalue weighted by Crippen LogP contribution is -2.47. The number of allylic oxidation sites excluding steroid dienone is 2. The normalized spacial score (nSPS) is 24.9. The molecule has 0 aliphatic heterocycles. The maximum Gasteiger partial charge on any atom is 0.162 e. The van der Waals surface area contributed by atoms with Crippen LogP contribution >= 0.6 is 0 Å². The molecule has 1 aliphatic rings. The van der Waals surface area contributed by atoms with Gasteiger partial charge in [0.1, 0.15) is 0 Å². The fourth-order valence-corrected chi connectivity index (χ4v) is 5.42. The van der Waals surface area contributed by atoms with Crippen LogP contribution in [0.3, 0.4) is 0 Å². The van der Waals surface area contributed by atoms with Crippen molar-refractivity contribution < 1.29 is 4.79 Å². The summed E-state index contributed by atoms with van der Waals surface area (Å²) in [7, 11) is 0. The molecule has 0 radical (unpaired) electrons. The third-order valence-corrected chi connectivity index (χ3v) is 5.93. The maximum atomic E-state index is 13.2. The van der Waals surface area contributed by atoms with E-state index < -0.39 is 0 Å². The SMILES string of the molecule is CCCC1=C(CC)C(=O)C(CC)C(CCC)(CCC)C1CC. The van der Waals surface area contributed by atoms with Crippen molar-refractivity contribution >= 4 is 5.78 Å². The second kappa shape index (κ2) is 8.89. The van der Waals surface area contributed by atoms with Crippen molar-refractivity contribution in [1.29, 1.82) is 0 Å². The van der Waals surface area contributed by atoms with Gasteiger partial charge in [-0.1, -0.05) is 66.4 Å². The molecule has 0 aromatic heterocycles. The predicted octanol–water partition coefficient (Wildman–Crippen LogP) is 6.71. The van der Waals surface area contributed by atoms with Gasteiger partial charge < -0.3 is 0 Å². The Hall–Kier alpha value is -0.590. The summed E-state index contributed by atoms with van der Waals surface area (Å²) in [4.78, 5) is 13.2. The molecule has 0 spiro atoms. The standard InChI is InChI=1S/C21H38O/c1-7-13-17-16(10-4)20(22)19(12-6)21(14-8-2,15-9-3)18(17)11-5/h18-19H,7-15H2,1-6H3. The molecule has 0 saturated carbocycles. The van der Waals surface area contributed by atoms with E-state index in [1.54, 1.807) is 0 Å². The number of carbonyl (C=O) groups is 1. The van der Waals surface area contributed by atoms with E-state index in [2.05, 4.69) is 41.5 Å². The predicted molar refractivity (Wildman–Crippen MR) is 97.0 cm³/mol. The van der Waals surface area contributed by atoms with Gasteiger partial charge in [-0.05, 0) is 55.4 Å². The molecule has 0 aromatic rings. The molecular weight excluding hydrogens is 268 g/mol. The molecule has 1 heteroatoms. The molecule has 2 unspecified atom stereocenters. The summed E-state index contributed by atoms with van der Waals surface area (Å²) < 4.78 is 0. The molecule has 2 atom stereocenters. The van der Waals surface area contributed by atoms with E-state index in [4.69, 9.17) is 0 Å². The van der Waals surface area contributed by atoms with Crippen LogP contribution in [0.5, 0.6) is 0 Å². The zero-order valence-corrected chi connectivity index (χ0v) is 15.9. The highest BCUT2D eigenvalue weighted by Gasteiger charge is 2.50. The minimum absolute atomic E-state index is 0.229. The van der Waals surface area contributed by atoms with Gasteiger partial charge >= 0.3 is 0 Å². The largest absolute Gasteiger partial charge is 0.294 e. The number of carbonyl (C=O) groups excluding carboxylic acids is 1. The van der Waals surface area contributed by atoms with Gasteiger partial charge in [0, 0.05) is 5.92 Å². The molecule has 128 valence electrons. The second-order valence-electron chi connectivity index (χ2n) is 7.13. The van der Waals surface area contributed by atoms with Crippen LogP contribution in [0.15, 0.2) is 11.1 Å². The summed E-state index contributed by atoms with van der Waals surface area (Å²) in [5.74, 6) is 1.39. The van der Waals surface area contributed by atoms with E-state index in [0.717, 1.165) is 25.7 Å². The van der Waals surface area contributed by atoms with Crippen molar-refractivity contribution in [3.8, 4) is 0 Å². The van der Waals surface area contributed by atoms with Crippen LogP contribution in [-0.4, -0.2) is 5.78 Å². The topological polar surface area (TPSA) is 17.1 Å². The van der Waals surface area contributed by atoms with Crippen LogP contribution in [-0.2, 0) is 4.79 Å². The fourth-order valence-electron chi connectivity index (χ4n) is 5.42. The fraction of sp³-hybridized carbons (Fsp3) is 0.857. The number of ketones is 1. The van der Waals surface area contributed by atoms with Crippen LogP contribution in [0.25, 0.3) is 0 Å². The lowest BCUT2D eigenvalue weighted by Gasteiger charge is -2.51. The Balaban J connectivity index is 3.51. The Morgan fingerprint density at radius 3 is 1.73 bits per heavy atom. The van der Waals surface area contributed by atoms with Gasteiger partial charge in [0.25, 0.3) is 0 Å². The second-order valence-corrected chi connectivity index (χ2v) is 7.13. The van der Waals surface area contributed by atoms with Gasteiger partial charge in [-0.25, -0.2) is 0 Å². The number of hydrogen-bond donors (Lipinski definition) is 0. The zero-order valence-electron chi connectivity index (χ0n) is 15.9. The number of rotatable bonds is 9. The van der Waals surface area contributed by atoms with E-state index in [1.165, 1.54) is 43.3 Å². The molecule has 0 amide bonds. The maximum absolute atomic E-state index is 13.2. The van der Waals surface area contributed by atoms with Crippen LogP contribution in [0.1, 0.15) is 99.3 Å². The van der Waals surface area contributed by atoms with Crippen molar-refractivity contribution in [2.45, 2.75) is 99.3 Å². The summed E-state index contributed by atoms with van der Waals surface area (Å²) in [6, 6.07) is 0. The summed E-state index contributed by atoms with van der Waals surface area (Å²) in [6.45, 7) is 13.6. The molecule has 0 bridgehead atoms. The van der Waals surface area contributed by atoms with Crippen molar-refractivity contribution in [2.24, 2.45) is 17.3 Å². The lowest BCUT2D eigenvalue weighted by molar-refractivity contribution is -0.128. The third kappa shape index (κ3) is 3.34. The smallest absolute Gasteiger partial charge is 0.162 e. The minimum Gasteiger partial charge on any atom is -0.294 e. The van der Waals surface area contributed by atoms with Crippen molar-refractivity contribution in [3.63, 3.8) is 0 Å². The first kappa shape index (κ1) is 19.5. The average Bonchev–Trinajstić information content (AvgIpc) is 2.49. The van der Waals surface area contributed by atoms with Crippen molar-refractivity contribution in [2.75, 3.05) is 0 Å². The van der Waals surface area contributed by atoms with Crippen molar-refractivity contribution in [1.82, 2.24) is 0 Å². The van der Waals surface area contributed by atoms with Gasteiger partial charge in [0.2, 0.25) is 0 Å². The van der Waals surface area contributed by atoms with Gasteiger partial charge in [-0.15, -0.1) is 0 Å². The van der Waals surface area contributed by atoms with Crippen LogP contribution < -0.4 is 0 Å². The Kier molecular flexibility index (Phi) is 7.86. The number of Topliss-reactive ketones (excluding diaryl/α,β-unsaturated/α-hetero) is 1. The Bertz CT molecular complexity index is 385. The number of hydrogen-bond acceptors (Lipinski definition) is 1. The zero-order chi connectivity index (χ0) is 16.8. The summed E-state index contributed by atoms with van der Waals surface area (Å²) in [5.41, 5.74) is 2.96. The van der Waals surface area contributed by atoms with E-state index >= 15 is 0 Å². The van der Waals surface area contributed by atoms with Gasteiger partial charge in [0.15, 0.2) is 5.78 Å². The summed E-state index contributed by atoms with van der Waals surface area (Å²) in [5, 5.41) is 0. The average molecular weight is 307 g/mol. The summed E-state index contributed by atoms with van der Waals surface area (Å²) >= 11 is 0. The molecular formula is C21H38O. The van der Waals surface area contributed by atoms with Gasteiger partial charge in [0.05, 0.1) is 0 Å². The molecule has 0 N–H and O–H groups in total. The van der Waals surface area contributed by atoms with Crippen LogP contribution in [0, 0.1) is 17.3 Å². The molecule has 0 heterocycles. The first-order valence-electron chi connectivity index (χ1n) is 9.83. The third-order valence-electron chi connectivity index (χ3n) is 5.93. The Morgan fingerprint density at radius 2 is 1.36 bits per heavy atom. The summed E-state index contributed by atoms with van der Waals surface area (Å²) in [6.07, 6.45) is 10.2. The highest BCUT2D eigenvalue weighted by molar-refractivity contribution is 5.99. The van der Waals surface area contributed by atoms with E-state index in [1.807, 2.05) is 0 Å². The molecule has 0 saturated heterocycles. The first-order chi connectivity index (χ1) is 10.6. The molecule has 22 heavy (non-hydrogen) atoms. The van der Waals surface area contributed by atoms with Crippen LogP contribution in [0.2, 0.25) is 0 Å². The highest BCUT2D eigenvalue weighted by Crippen LogP contribution is 2.56. The molecule has 1 nitrogen and oxygen atoms in total. The Labute approximate surface area is 139 Å². The van der Waals surface area contributed by atoms with E-state index in [9.17, 15) is 4.79 Å². The van der Waals surface area contributed by atoms with Crippen LogP contribution in [0.4, 0.5) is 0 Å². The highest BCUT2D eigenvalue weighted by atomic mass is 16.1. The molecule has 1 aliphatic carbocycles. The first-order valence-corrected chi connectivity index (χ1v) is 9.83. The lowest BCUT2D eigenvalue weighted by atomic mass is 9.52. The quantitative estimate of drug-likeness (QED) is 0.462. The molecule has 1 rings (SSSR count). The van der Waals surface area contributed by atoms with Crippen molar-refractivity contribution in [3.05, 3.63) is 11.1 Å². The Morgan fingerprint density at radius 1 is 0.818 bits per heavy atom. The minimum atomic E-state index is 0.229. The van der Waals surface area contributed by atoms with E-state index in [0.29, 0.717) is 11.7 Å². The monoisotopic (exact) mass is 306 g/mol. The molecule has 0 aromatic carbocycles. The van der Waals surface area contributed by atoms with E-state index in [-0.39, 0.29) is 11.3 Å².